The molecule has 0 aliphatic heterocycles. The first kappa shape index (κ1) is 19.5. The fourth-order valence-electron chi connectivity index (χ4n) is 0.192. The summed E-state index contributed by atoms with van der Waals surface area (Å²) in [5.74, 6) is 0. The third kappa shape index (κ3) is 32.2. The van der Waals surface area contributed by atoms with Gasteiger partial charge in [0, 0.05) is 0 Å². The van der Waals surface area contributed by atoms with Gasteiger partial charge in [-0.3, -0.25) is 0 Å². The molecule has 0 aliphatic rings. The molecule has 2 atom stereocenters. The standard InChI is InChI=1S/2C2H6O3S.Mg/c2*1-2-5-6(3)4;/h2*2H2,1H3,(H,3,4);/q;;+2/p-2. The van der Waals surface area contributed by atoms with E-state index in [2.05, 4.69) is 8.37 Å². The quantitative estimate of drug-likeness (QED) is 0.475. The zero-order valence-corrected chi connectivity index (χ0v) is 10.4. The Morgan fingerprint density at radius 2 is 1.23 bits per heavy atom. The van der Waals surface area contributed by atoms with E-state index < -0.39 is 22.7 Å². The van der Waals surface area contributed by atoms with Crippen LogP contribution in [-0.4, -0.2) is 53.8 Å². The summed E-state index contributed by atoms with van der Waals surface area (Å²) in [6, 6.07) is 0. The van der Waals surface area contributed by atoms with Crippen LogP contribution in [-0.2, 0) is 31.1 Å². The molecule has 0 N–H and O–H groups in total. The SMILES string of the molecule is CCOS(=O)[O-].CCOS(=O)[O-].[Mg+2]. The Morgan fingerprint density at radius 1 is 1.00 bits per heavy atom. The summed E-state index contributed by atoms with van der Waals surface area (Å²) >= 11 is -4.63. The van der Waals surface area contributed by atoms with Crippen LogP contribution in [0.3, 0.4) is 0 Å². The molecular weight excluding hydrogens is 232 g/mol. The molecular formula is C4H10MgO6S2. The van der Waals surface area contributed by atoms with Gasteiger partial charge in [0.05, 0.1) is 35.9 Å². The van der Waals surface area contributed by atoms with Crippen molar-refractivity contribution in [1.82, 2.24) is 0 Å². The van der Waals surface area contributed by atoms with Gasteiger partial charge in [-0.05, 0) is 13.8 Å². The van der Waals surface area contributed by atoms with Crippen LogP contribution in [0, 0.1) is 0 Å². The smallest absolute Gasteiger partial charge is 0.750 e. The molecule has 0 saturated heterocycles. The van der Waals surface area contributed by atoms with Gasteiger partial charge in [-0.25, -0.2) is 8.42 Å². The molecule has 0 aliphatic carbocycles. The van der Waals surface area contributed by atoms with Crippen LogP contribution < -0.4 is 0 Å². The molecule has 0 heterocycles. The van der Waals surface area contributed by atoms with Crippen molar-refractivity contribution < 1.29 is 25.9 Å². The van der Waals surface area contributed by atoms with E-state index in [1.54, 1.807) is 13.8 Å². The summed E-state index contributed by atoms with van der Waals surface area (Å²) in [5.41, 5.74) is 0. The molecule has 0 spiro atoms. The maximum absolute atomic E-state index is 9.38. The van der Waals surface area contributed by atoms with E-state index in [0.717, 1.165) is 0 Å². The van der Waals surface area contributed by atoms with Gasteiger partial charge in [-0.15, -0.1) is 0 Å². The Balaban J connectivity index is -0.000000143. The maximum Gasteiger partial charge on any atom is 2.00 e. The average Bonchev–Trinajstić information content (AvgIpc) is 1.87. The summed E-state index contributed by atoms with van der Waals surface area (Å²) in [6.45, 7) is 3.65. The van der Waals surface area contributed by atoms with Crippen molar-refractivity contribution in [1.29, 1.82) is 0 Å². The van der Waals surface area contributed by atoms with Crippen molar-refractivity contribution in [3.63, 3.8) is 0 Å². The fraction of sp³-hybridized carbons (Fsp3) is 1.00. The Bertz CT molecular complexity index is 127. The van der Waals surface area contributed by atoms with E-state index in [-0.39, 0.29) is 36.3 Å². The van der Waals surface area contributed by atoms with Crippen LogP contribution in [0.25, 0.3) is 0 Å². The van der Waals surface area contributed by atoms with Gasteiger partial charge < -0.3 is 17.5 Å². The summed E-state index contributed by atoms with van der Waals surface area (Å²) in [5, 5.41) is 0. The molecule has 6 nitrogen and oxygen atoms in total. The van der Waals surface area contributed by atoms with E-state index in [1.165, 1.54) is 0 Å². The van der Waals surface area contributed by atoms with Crippen molar-refractivity contribution in [2.45, 2.75) is 13.8 Å². The predicted molar refractivity (Wildman–Crippen MR) is 46.8 cm³/mol. The number of hydrogen-bond acceptors (Lipinski definition) is 6. The molecule has 0 aromatic carbocycles. The fourth-order valence-corrected chi connectivity index (χ4v) is 0.577. The molecule has 9 heteroatoms. The Morgan fingerprint density at radius 3 is 1.23 bits per heavy atom. The van der Waals surface area contributed by atoms with Crippen molar-refractivity contribution in [2.24, 2.45) is 0 Å². The zero-order valence-electron chi connectivity index (χ0n) is 7.39. The van der Waals surface area contributed by atoms with Gasteiger partial charge in [0.2, 0.25) is 0 Å². The van der Waals surface area contributed by atoms with E-state index in [0.29, 0.717) is 0 Å². The summed E-state index contributed by atoms with van der Waals surface area (Å²) in [7, 11) is 0. The van der Waals surface area contributed by atoms with Gasteiger partial charge in [-0.1, -0.05) is 0 Å². The van der Waals surface area contributed by atoms with Crippen molar-refractivity contribution in [2.75, 3.05) is 13.2 Å². The summed E-state index contributed by atoms with van der Waals surface area (Å²) < 4.78 is 45.4. The minimum absolute atomic E-state index is 0. The molecule has 76 valence electrons. The van der Waals surface area contributed by atoms with Gasteiger partial charge in [-0.2, -0.15) is 0 Å². The average molecular weight is 243 g/mol. The molecule has 0 fully saturated rings. The van der Waals surface area contributed by atoms with Crippen molar-refractivity contribution >= 4 is 45.8 Å². The molecule has 0 rings (SSSR count). The van der Waals surface area contributed by atoms with Crippen LogP contribution in [0.2, 0.25) is 0 Å². The molecule has 0 aromatic heterocycles. The first-order valence-corrected chi connectivity index (χ1v) is 4.99. The monoisotopic (exact) mass is 242 g/mol. The van der Waals surface area contributed by atoms with E-state index in [9.17, 15) is 17.5 Å². The topological polar surface area (TPSA) is 98.7 Å². The first-order valence-electron chi connectivity index (χ1n) is 2.99. The molecule has 0 aromatic rings. The van der Waals surface area contributed by atoms with E-state index in [1.807, 2.05) is 0 Å². The second kappa shape index (κ2) is 15.4. The van der Waals surface area contributed by atoms with Gasteiger partial charge in [0.1, 0.15) is 0 Å². The molecule has 0 amide bonds. The van der Waals surface area contributed by atoms with Gasteiger partial charge in [0.15, 0.2) is 0 Å². The molecule has 0 saturated carbocycles. The molecule has 13 heavy (non-hydrogen) atoms. The van der Waals surface area contributed by atoms with Crippen LogP contribution in [0.4, 0.5) is 0 Å². The Kier molecular flexibility index (Phi) is 23.0. The minimum Gasteiger partial charge on any atom is -0.750 e. The summed E-state index contributed by atoms with van der Waals surface area (Å²) in [6.07, 6.45) is 0. The third-order valence-corrected chi connectivity index (χ3v) is 1.28. The first-order chi connectivity index (χ1) is 5.54. The maximum atomic E-state index is 9.38. The van der Waals surface area contributed by atoms with Crippen LogP contribution in [0.15, 0.2) is 0 Å². The second-order valence-electron chi connectivity index (χ2n) is 1.22. The van der Waals surface area contributed by atoms with Crippen molar-refractivity contribution in [3.8, 4) is 0 Å². The number of rotatable bonds is 4. The largest absolute Gasteiger partial charge is 2.00 e. The molecule has 0 bridgehead atoms. The van der Waals surface area contributed by atoms with E-state index in [4.69, 9.17) is 0 Å². The zero-order chi connectivity index (χ0) is 9.98. The Hall–Kier alpha value is 0.906. The molecule has 0 radical (unpaired) electrons. The normalized spacial score (nSPS) is 13.2. The van der Waals surface area contributed by atoms with E-state index >= 15 is 0 Å². The second-order valence-corrected chi connectivity index (χ2v) is 2.51. The van der Waals surface area contributed by atoms with Crippen LogP contribution in [0.5, 0.6) is 0 Å². The summed E-state index contributed by atoms with van der Waals surface area (Å²) in [4.78, 5) is 0. The minimum atomic E-state index is -2.32. The Labute approximate surface area is 98.5 Å². The van der Waals surface area contributed by atoms with Crippen molar-refractivity contribution in [3.05, 3.63) is 0 Å². The van der Waals surface area contributed by atoms with Crippen LogP contribution >= 0.6 is 0 Å². The molecule has 2 unspecified atom stereocenters. The van der Waals surface area contributed by atoms with Gasteiger partial charge >= 0.3 is 23.1 Å². The van der Waals surface area contributed by atoms with Crippen LogP contribution in [0.1, 0.15) is 13.8 Å². The third-order valence-electron chi connectivity index (χ3n) is 0.428. The van der Waals surface area contributed by atoms with Gasteiger partial charge in [0.25, 0.3) is 0 Å². The number of hydrogen-bond donors (Lipinski definition) is 0. The predicted octanol–water partition coefficient (Wildman–Crippen LogP) is -0.747.